The zero-order valence-electron chi connectivity index (χ0n) is 7.07. The lowest BCUT2D eigenvalue weighted by molar-refractivity contribution is -0.111. The summed E-state index contributed by atoms with van der Waals surface area (Å²) in [7, 11) is 0. The van der Waals surface area contributed by atoms with E-state index in [-0.39, 0.29) is 0 Å². The van der Waals surface area contributed by atoms with Gasteiger partial charge in [0.05, 0.1) is 0 Å². The van der Waals surface area contributed by atoms with Crippen molar-refractivity contribution >= 4 is 23.4 Å². The first-order valence-corrected chi connectivity index (χ1v) is 4.84. The van der Waals surface area contributed by atoms with Gasteiger partial charge in [0.25, 0.3) is 0 Å². The van der Waals surface area contributed by atoms with Gasteiger partial charge in [-0.25, -0.2) is 0 Å². The van der Waals surface area contributed by atoms with E-state index in [2.05, 4.69) is 5.32 Å². The molecule has 13 heavy (non-hydrogen) atoms. The number of rotatable bonds is 2. The average Bonchev–Trinajstić information content (AvgIpc) is 2.19. The SMILES string of the molecule is CSc1ccc(NC(=O)C#N)cc1. The number of carbonyl (C=O) groups is 1. The summed E-state index contributed by atoms with van der Waals surface area (Å²) in [5.74, 6) is -0.642. The lowest BCUT2D eigenvalue weighted by Crippen LogP contribution is -2.07. The number of thioether (sulfide) groups is 1. The molecule has 0 aliphatic carbocycles. The molecule has 0 fully saturated rings. The molecule has 0 aliphatic heterocycles. The number of amides is 1. The van der Waals surface area contributed by atoms with Gasteiger partial charge in [-0.3, -0.25) is 4.79 Å². The number of benzene rings is 1. The molecule has 4 heteroatoms. The summed E-state index contributed by atoms with van der Waals surface area (Å²) in [4.78, 5) is 11.8. The third-order valence-electron chi connectivity index (χ3n) is 1.45. The molecule has 1 aromatic carbocycles. The second kappa shape index (κ2) is 4.53. The third-order valence-corrected chi connectivity index (χ3v) is 2.19. The van der Waals surface area contributed by atoms with Crippen molar-refractivity contribution in [2.75, 3.05) is 11.6 Å². The van der Waals surface area contributed by atoms with E-state index in [0.717, 1.165) is 4.90 Å². The number of nitrogens with one attached hydrogen (secondary N) is 1. The molecule has 3 nitrogen and oxygen atoms in total. The van der Waals surface area contributed by atoms with E-state index in [1.807, 2.05) is 18.4 Å². The van der Waals surface area contributed by atoms with Crippen molar-refractivity contribution in [3.8, 4) is 6.07 Å². The van der Waals surface area contributed by atoms with E-state index >= 15 is 0 Å². The molecule has 0 unspecified atom stereocenters. The number of hydrogen-bond donors (Lipinski definition) is 1. The topological polar surface area (TPSA) is 52.9 Å². The van der Waals surface area contributed by atoms with Gasteiger partial charge in [-0.15, -0.1) is 11.8 Å². The van der Waals surface area contributed by atoms with Crippen LogP contribution in [0.4, 0.5) is 5.69 Å². The van der Waals surface area contributed by atoms with Gasteiger partial charge in [0.1, 0.15) is 0 Å². The Bertz CT molecular complexity index is 340. The van der Waals surface area contributed by atoms with Crippen LogP contribution in [0.25, 0.3) is 0 Å². The average molecular weight is 192 g/mol. The van der Waals surface area contributed by atoms with Crippen LogP contribution in [-0.2, 0) is 4.79 Å². The highest BCUT2D eigenvalue weighted by atomic mass is 32.2. The second-order valence-corrected chi connectivity index (χ2v) is 3.17. The van der Waals surface area contributed by atoms with E-state index in [0.29, 0.717) is 5.69 Å². The van der Waals surface area contributed by atoms with Gasteiger partial charge < -0.3 is 5.32 Å². The quantitative estimate of drug-likeness (QED) is 0.575. The van der Waals surface area contributed by atoms with Crippen molar-refractivity contribution < 1.29 is 4.79 Å². The highest BCUT2D eigenvalue weighted by molar-refractivity contribution is 7.98. The van der Waals surface area contributed by atoms with Crippen molar-refractivity contribution in [1.82, 2.24) is 0 Å². The molecule has 1 rings (SSSR count). The predicted molar refractivity (Wildman–Crippen MR) is 52.5 cm³/mol. The summed E-state index contributed by atoms with van der Waals surface area (Å²) in [6.45, 7) is 0. The van der Waals surface area contributed by atoms with E-state index in [1.165, 1.54) is 6.07 Å². The number of nitrogens with zero attached hydrogens (tertiary/aromatic N) is 1. The molecule has 0 heterocycles. The molecule has 0 aromatic heterocycles. The Balaban J connectivity index is 2.71. The first-order valence-electron chi connectivity index (χ1n) is 3.61. The molecule has 1 amide bonds. The zero-order valence-corrected chi connectivity index (χ0v) is 7.89. The Hall–Kier alpha value is -1.47. The summed E-state index contributed by atoms with van der Waals surface area (Å²) in [6, 6.07) is 8.79. The number of hydrogen-bond acceptors (Lipinski definition) is 3. The van der Waals surface area contributed by atoms with E-state index in [1.54, 1.807) is 23.9 Å². The molecule has 0 aliphatic rings. The molecule has 1 N–H and O–H groups in total. The van der Waals surface area contributed by atoms with Gasteiger partial charge in [0, 0.05) is 10.6 Å². The molecule has 0 saturated heterocycles. The molecule has 66 valence electrons. The number of carbonyl (C=O) groups excluding carboxylic acids is 1. The van der Waals surface area contributed by atoms with Gasteiger partial charge >= 0.3 is 5.91 Å². The highest BCUT2D eigenvalue weighted by Crippen LogP contribution is 2.17. The molecule has 1 aromatic rings. The largest absolute Gasteiger partial charge is 0.326 e. The van der Waals surface area contributed by atoms with Crippen LogP contribution in [0, 0.1) is 11.3 Å². The minimum absolute atomic E-state index is 0.642. The molecular weight excluding hydrogens is 184 g/mol. The molecule has 0 radical (unpaired) electrons. The standard InChI is InChI=1S/C9H8N2OS/c1-13-8-4-2-7(3-5-8)11-9(12)6-10/h2-5H,1H3,(H,11,12). The van der Waals surface area contributed by atoms with Crippen molar-refractivity contribution in [1.29, 1.82) is 5.26 Å². The maximum Gasteiger partial charge on any atom is 0.326 e. The highest BCUT2D eigenvalue weighted by Gasteiger charge is 1.98. The van der Waals surface area contributed by atoms with Crippen LogP contribution in [0.5, 0.6) is 0 Å². The van der Waals surface area contributed by atoms with Crippen LogP contribution in [0.15, 0.2) is 29.2 Å². The van der Waals surface area contributed by atoms with Gasteiger partial charge in [-0.2, -0.15) is 5.26 Å². The predicted octanol–water partition coefficient (Wildman–Crippen LogP) is 1.87. The van der Waals surface area contributed by atoms with Gasteiger partial charge in [-0.1, -0.05) is 0 Å². The van der Waals surface area contributed by atoms with E-state index in [4.69, 9.17) is 5.26 Å². The number of nitriles is 1. The van der Waals surface area contributed by atoms with Crippen LogP contribution in [-0.4, -0.2) is 12.2 Å². The summed E-state index contributed by atoms with van der Waals surface area (Å²) in [5, 5.41) is 10.7. The Kier molecular flexibility index (Phi) is 3.35. The summed E-state index contributed by atoms with van der Waals surface area (Å²) >= 11 is 1.62. The monoisotopic (exact) mass is 192 g/mol. The first kappa shape index (κ1) is 9.62. The fraction of sp³-hybridized carbons (Fsp3) is 0.111. The Morgan fingerprint density at radius 3 is 2.54 bits per heavy atom. The van der Waals surface area contributed by atoms with Crippen LogP contribution >= 0.6 is 11.8 Å². The van der Waals surface area contributed by atoms with Gasteiger partial charge in [-0.05, 0) is 30.5 Å². The Morgan fingerprint density at radius 2 is 2.08 bits per heavy atom. The van der Waals surface area contributed by atoms with E-state index in [9.17, 15) is 4.79 Å². The summed E-state index contributed by atoms with van der Waals surface area (Å²) < 4.78 is 0. The van der Waals surface area contributed by atoms with Crippen molar-refractivity contribution in [3.63, 3.8) is 0 Å². The molecule has 0 spiro atoms. The van der Waals surface area contributed by atoms with Crippen molar-refractivity contribution in [3.05, 3.63) is 24.3 Å². The third kappa shape index (κ3) is 2.80. The molecule has 0 saturated carbocycles. The lowest BCUT2D eigenvalue weighted by atomic mass is 10.3. The Labute approximate surface area is 80.8 Å². The van der Waals surface area contributed by atoms with Gasteiger partial charge in [0.15, 0.2) is 6.07 Å². The smallest absolute Gasteiger partial charge is 0.313 e. The minimum Gasteiger partial charge on any atom is -0.313 e. The molecule has 0 bridgehead atoms. The summed E-state index contributed by atoms with van der Waals surface area (Å²) in [5.41, 5.74) is 0.643. The minimum atomic E-state index is -0.642. The lowest BCUT2D eigenvalue weighted by Gasteiger charge is -2.00. The fourth-order valence-corrected chi connectivity index (χ4v) is 1.24. The molecule has 0 atom stereocenters. The van der Waals surface area contributed by atoms with Crippen LogP contribution in [0.3, 0.4) is 0 Å². The summed E-state index contributed by atoms with van der Waals surface area (Å²) in [6.07, 6.45) is 1.98. The zero-order chi connectivity index (χ0) is 9.68. The van der Waals surface area contributed by atoms with E-state index < -0.39 is 5.91 Å². The molecular formula is C9H8N2OS. The fourth-order valence-electron chi connectivity index (χ4n) is 0.833. The maximum atomic E-state index is 10.7. The maximum absolute atomic E-state index is 10.7. The van der Waals surface area contributed by atoms with Crippen molar-refractivity contribution in [2.45, 2.75) is 4.90 Å². The van der Waals surface area contributed by atoms with Crippen LogP contribution < -0.4 is 5.32 Å². The first-order chi connectivity index (χ1) is 6.26. The van der Waals surface area contributed by atoms with Crippen LogP contribution in [0.2, 0.25) is 0 Å². The van der Waals surface area contributed by atoms with Crippen LogP contribution in [0.1, 0.15) is 0 Å². The van der Waals surface area contributed by atoms with Crippen molar-refractivity contribution in [2.24, 2.45) is 0 Å². The number of anilines is 1. The normalized spacial score (nSPS) is 8.92. The van der Waals surface area contributed by atoms with Gasteiger partial charge in [0.2, 0.25) is 0 Å². The Morgan fingerprint density at radius 1 is 1.46 bits per heavy atom. The second-order valence-electron chi connectivity index (χ2n) is 2.29.